The topological polar surface area (TPSA) is 80.6 Å². The Morgan fingerprint density at radius 1 is 1.00 bits per heavy atom. The number of carbonyl (C=O) groups excluding carboxylic acids is 1. The number of alkyl halides is 3. The molecule has 2 heterocycles. The van der Waals surface area contributed by atoms with Crippen LogP contribution < -0.4 is 5.32 Å². The molecule has 1 fully saturated rings. The Bertz CT molecular complexity index is 1340. The van der Waals surface area contributed by atoms with Crippen molar-refractivity contribution in [2.45, 2.75) is 24.9 Å². The Hall–Kier alpha value is -3.15. The maximum atomic E-state index is 13.5. The number of hydrogen-bond acceptors (Lipinski definition) is 4. The lowest BCUT2D eigenvalue weighted by Crippen LogP contribution is -2.40. The molecule has 7 nitrogen and oxygen atoms in total. The van der Waals surface area contributed by atoms with Gasteiger partial charge in [0, 0.05) is 30.2 Å². The van der Waals surface area contributed by atoms with E-state index in [0.29, 0.717) is 30.3 Å². The van der Waals surface area contributed by atoms with E-state index in [1.54, 1.807) is 13.8 Å². The highest BCUT2D eigenvalue weighted by atomic mass is 32.2. The summed E-state index contributed by atoms with van der Waals surface area (Å²) >= 11 is 0. The van der Waals surface area contributed by atoms with Crippen LogP contribution in [0.5, 0.6) is 0 Å². The number of nitrogens with one attached hydrogen (secondary N) is 1. The predicted molar refractivity (Wildman–Crippen MR) is 124 cm³/mol. The lowest BCUT2D eigenvalue weighted by molar-refractivity contribution is -0.137. The molecule has 1 aliphatic heterocycles. The van der Waals surface area contributed by atoms with Gasteiger partial charge in [0.05, 0.1) is 34.9 Å². The Morgan fingerprint density at radius 2 is 1.63 bits per heavy atom. The van der Waals surface area contributed by atoms with E-state index in [1.165, 1.54) is 57.4 Å². The van der Waals surface area contributed by atoms with Gasteiger partial charge in [-0.3, -0.25) is 4.79 Å². The van der Waals surface area contributed by atoms with E-state index in [9.17, 15) is 26.4 Å². The predicted octanol–water partition coefficient (Wildman–Crippen LogP) is 4.39. The van der Waals surface area contributed by atoms with E-state index < -0.39 is 27.7 Å². The van der Waals surface area contributed by atoms with E-state index in [1.807, 2.05) is 0 Å². The maximum absolute atomic E-state index is 13.5. The molecule has 0 radical (unpaired) electrons. The summed E-state index contributed by atoms with van der Waals surface area (Å²) < 4.78 is 74.1. The number of nitrogens with zero attached hydrogens (tertiary/aromatic N) is 2. The molecule has 35 heavy (non-hydrogen) atoms. The highest BCUT2D eigenvalue weighted by Crippen LogP contribution is 2.35. The third kappa shape index (κ3) is 4.97. The first-order valence-corrected chi connectivity index (χ1v) is 12.3. The summed E-state index contributed by atoms with van der Waals surface area (Å²) in [7, 11) is -3.67. The van der Waals surface area contributed by atoms with Gasteiger partial charge in [-0.2, -0.15) is 17.5 Å². The van der Waals surface area contributed by atoms with Gasteiger partial charge in [0.2, 0.25) is 10.0 Å². The van der Waals surface area contributed by atoms with E-state index in [0.717, 1.165) is 6.07 Å². The van der Waals surface area contributed by atoms with Crippen LogP contribution in [0.3, 0.4) is 0 Å². The Morgan fingerprint density at radius 3 is 2.26 bits per heavy atom. The van der Waals surface area contributed by atoms with Gasteiger partial charge in [-0.05, 0) is 56.3 Å². The molecule has 11 heteroatoms. The standard InChI is InChI=1S/C24H24F3N3O4S/c1-16-15-20(17(2)30(16)22-6-4-3-5-21(22)24(25,26)27)23(31)28-18-7-9-19(10-8-18)35(32,33)29-11-13-34-14-12-29/h3-10,15H,11-14H2,1-2H3,(H,28,31). The van der Waals surface area contributed by atoms with E-state index >= 15 is 0 Å². The Kier molecular flexibility index (Phi) is 6.76. The van der Waals surface area contributed by atoms with Crippen LogP contribution in [0.15, 0.2) is 59.5 Å². The molecule has 1 amide bonds. The van der Waals surface area contributed by atoms with E-state index in [-0.39, 0.29) is 29.2 Å². The van der Waals surface area contributed by atoms with Gasteiger partial charge >= 0.3 is 6.18 Å². The van der Waals surface area contributed by atoms with Gasteiger partial charge in [-0.15, -0.1) is 0 Å². The Balaban J connectivity index is 1.57. The van der Waals surface area contributed by atoms with Gasteiger partial charge in [0.25, 0.3) is 5.91 Å². The number of hydrogen-bond donors (Lipinski definition) is 1. The zero-order valence-corrected chi connectivity index (χ0v) is 19.9. The maximum Gasteiger partial charge on any atom is 0.418 e. The molecule has 2 aromatic carbocycles. The fraction of sp³-hybridized carbons (Fsp3) is 0.292. The van der Waals surface area contributed by atoms with Gasteiger partial charge in [-0.1, -0.05) is 12.1 Å². The fourth-order valence-electron chi connectivity index (χ4n) is 4.12. The van der Waals surface area contributed by atoms with Crippen LogP contribution in [-0.4, -0.2) is 49.5 Å². The third-order valence-electron chi connectivity index (χ3n) is 5.85. The summed E-state index contributed by atoms with van der Waals surface area (Å²) in [6.45, 7) is 4.41. The number of amides is 1. The van der Waals surface area contributed by atoms with E-state index in [4.69, 9.17) is 4.74 Å². The number of aromatic nitrogens is 1. The first kappa shape index (κ1) is 25.0. The van der Waals surface area contributed by atoms with Gasteiger partial charge < -0.3 is 14.6 Å². The molecule has 0 spiro atoms. The van der Waals surface area contributed by atoms with Crippen molar-refractivity contribution in [3.05, 3.63) is 77.1 Å². The van der Waals surface area contributed by atoms with Crippen molar-refractivity contribution in [3.63, 3.8) is 0 Å². The molecule has 0 saturated carbocycles. The van der Waals surface area contributed by atoms with Crippen molar-refractivity contribution in [3.8, 4) is 5.69 Å². The molecule has 1 aromatic heterocycles. The summed E-state index contributed by atoms with van der Waals surface area (Å²) in [4.78, 5) is 13.1. The smallest absolute Gasteiger partial charge is 0.379 e. The van der Waals surface area contributed by atoms with Crippen LogP contribution in [0.1, 0.15) is 27.3 Å². The zero-order valence-electron chi connectivity index (χ0n) is 19.1. The quantitative estimate of drug-likeness (QED) is 0.556. The molecule has 4 rings (SSSR count). The minimum absolute atomic E-state index is 0.0632. The first-order valence-electron chi connectivity index (χ1n) is 10.8. The number of aryl methyl sites for hydroxylation is 1. The van der Waals surface area contributed by atoms with Crippen molar-refractivity contribution in [1.29, 1.82) is 0 Å². The molecule has 0 atom stereocenters. The molecule has 3 aromatic rings. The molecular formula is C24H24F3N3O4S. The van der Waals surface area contributed by atoms with Crippen LogP contribution in [0, 0.1) is 13.8 Å². The zero-order chi connectivity index (χ0) is 25.4. The average Bonchev–Trinajstić information content (AvgIpc) is 3.13. The van der Waals surface area contributed by atoms with Crippen molar-refractivity contribution < 1.29 is 31.1 Å². The van der Waals surface area contributed by atoms with Crippen LogP contribution in [0.25, 0.3) is 5.69 Å². The number of ether oxygens (including phenoxy) is 1. The molecule has 0 bridgehead atoms. The minimum atomic E-state index is -4.55. The fourth-order valence-corrected chi connectivity index (χ4v) is 5.52. The summed E-state index contributed by atoms with van der Waals surface area (Å²) in [5.41, 5.74) is 0.526. The minimum Gasteiger partial charge on any atom is -0.379 e. The summed E-state index contributed by atoms with van der Waals surface area (Å²) in [6.07, 6.45) is -4.55. The molecule has 1 saturated heterocycles. The second kappa shape index (κ2) is 9.48. The molecule has 1 N–H and O–H groups in total. The third-order valence-corrected chi connectivity index (χ3v) is 7.76. The highest BCUT2D eigenvalue weighted by molar-refractivity contribution is 7.89. The summed E-state index contributed by atoms with van der Waals surface area (Å²) in [5, 5.41) is 2.69. The average molecular weight is 508 g/mol. The number of sulfonamides is 1. The number of para-hydroxylation sites is 1. The first-order chi connectivity index (χ1) is 16.5. The van der Waals surface area contributed by atoms with Gasteiger partial charge in [0.1, 0.15) is 0 Å². The molecule has 186 valence electrons. The molecule has 0 unspecified atom stereocenters. The normalized spacial score (nSPS) is 15.2. The summed E-state index contributed by atoms with van der Waals surface area (Å²) in [6, 6.07) is 12.5. The van der Waals surface area contributed by atoms with Crippen molar-refractivity contribution in [2.24, 2.45) is 0 Å². The van der Waals surface area contributed by atoms with Crippen LogP contribution in [0.2, 0.25) is 0 Å². The van der Waals surface area contributed by atoms with Crippen LogP contribution in [0.4, 0.5) is 18.9 Å². The second-order valence-electron chi connectivity index (χ2n) is 8.13. The number of benzene rings is 2. The van der Waals surface area contributed by atoms with Crippen molar-refractivity contribution in [2.75, 3.05) is 31.6 Å². The number of rotatable bonds is 5. The van der Waals surface area contributed by atoms with Crippen molar-refractivity contribution in [1.82, 2.24) is 8.87 Å². The number of morpholine rings is 1. The number of halogens is 3. The SMILES string of the molecule is Cc1cc(C(=O)Nc2ccc(S(=O)(=O)N3CCOCC3)cc2)c(C)n1-c1ccccc1C(F)(F)F. The van der Waals surface area contributed by atoms with Crippen LogP contribution >= 0.6 is 0 Å². The second-order valence-corrected chi connectivity index (χ2v) is 10.1. The largest absolute Gasteiger partial charge is 0.418 e. The number of anilines is 1. The lowest BCUT2D eigenvalue weighted by Gasteiger charge is -2.26. The van der Waals surface area contributed by atoms with Gasteiger partial charge in [-0.25, -0.2) is 8.42 Å². The van der Waals surface area contributed by atoms with Gasteiger partial charge in [0.15, 0.2) is 0 Å². The molecular weight excluding hydrogens is 483 g/mol. The molecule has 1 aliphatic rings. The number of carbonyl (C=O) groups is 1. The van der Waals surface area contributed by atoms with Crippen LogP contribution in [-0.2, 0) is 20.9 Å². The molecule has 0 aliphatic carbocycles. The monoisotopic (exact) mass is 507 g/mol. The summed E-state index contributed by atoms with van der Waals surface area (Å²) in [5.74, 6) is -0.516. The lowest BCUT2D eigenvalue weighted by atomic mass is 10.1. The van der Waals surface area contributed by atoms with Crippen molar-refractivity contribution >= 4 is 21.6 Å². The van der Waals surface area contributed by atoms with E-state index in [2.05, 4.69) is 5.32 Å². The Labute approximate surface area is 201 Å². The highest BCUT2D eigenvalue weighted by Gasteiger charge is 2.34.